The Kier molecular flexibility index (Phi) is 3.60. The molecule has 4 nitrogen and oxygen atoms in total. The Morgan fingerprint density at radius 2 is 2.10 bits per heavy atom. The fourth-order valence-electron chi connectivity index (χ4n) is 2.41. The first-order valence-corrected chi connectivity index (χ1v) is 6.70. The van der Waals surface area contributed by atoms with E-state index in [2.05, 4.69) is 5.10 Å². The predicted molar refractivity (Wildman–Crippen MR) is 71.8 cm³/mol. The van der Waals surface area contributed by atoms with Crippen LogP contribution in [0.15, 0.2) is 30.3 Å². The van der Waals surface area contributed by atoms with Crippen molar-refractivity contribution in [3.63, 3.8) is 0 Å². The highest BCUT2D eigenvalue weighted by molar-refractivity contribution is 5.75. The highest BCUT2D eigenvalue weighted by atomic mass is 19.1. The first-order valence-electron chi connectivity index (χ1n) is 6.70. The van der Waals surface area contributed by atoms with Gasteiger partial charge in [0.15, 0.2) is 12.5 Å². The van der Waals surface area contributed by atoms with Crippen LogP contribution in [0.3, 0.4) is 0 Å². The van der Waals surface area contributed by atoms with Crippen LogP contribution < -0.4 is 0 Å². The Labute approximate surface area is 116 Å². The van der Waals surface area contributed by atoms with Gasteiger partial charge in [-0.05, 0) is 49.6 Å². The van der Waals surface area contributed by atoms with Gasteiger partial charge in [-0.25, -0.2) is 9.07 Å². The van der Waals surface area contributed by atoms with E-state index in [-0.39, 0.29) is 12.0 Å². The normalized spacial score (nSPS) is 18.9. The van der Waals surface area contributed by atoms with Crippen molar-refractivity contribution in [2.75, 3.05) is 6.61 Å². The third-order valence-corrected chi connectivity index (χ3v) is 3.45. The number of ether oxygens (including phenoxy) is 1. The van der Waals surface area contributed by atoms with Crippen LogP contribution in [0.4, 0.5) is 4.39 Å². The van der Waals surface area contributed by atoms with Gasteiger partial charge in [0.2, 0.25) is 0 Å². The van der Waals surface area contributed by atoms with E-state index in [0.717, 1.165) is 31.1 Å². The summed E-state index contributed by atoms with van der Waals surface area (Å²) in [6.45, 7) is 0.689. The third-order valence-electron chi connectivity index (χ3n) is 3.45. The smallest absolute Gasteiger partial charge is 0.168 e. The Bertz CT molecular complexity index is 601. The van der Waals surface area contributed by atoms with Gasteiger partial charge >= 0.3 is 0 Å². The van der Waals surface area contributed by atoms with Gasteiger partial charge in [0.25, 0.3) is 0 Å². The molecule has 1 aliphatic rings. The van der Waals surface area contributed by atoms with Gasteiger partial charge < -0.3 is 4.74 Å². The summed E-state index contributed by atoms with van der Waals surface area (Å²) in [5.41, 5.74) is 1.92. The number of carbonyl (C=O) groups is 1. The molecule has 0 amide bonds. The SMILES string of the molecule is O=Cc1cc(-c2ccc(F)cc2)nn1C1CCCCO1. The van der Waals surface area contributed by atoms with E-state index in [1.54, 1.807) is 22.9 Å². The molecule has 1 saturated heterocycles. The minimum atomic E-state index is -0.292. The lowest BCUT2D eigenvalue weighted by atomic mass is 10.1. The van der Waals surface area contributed by atoms with Crippen molar-refractivity contribution >= 4 is 6.29 Å². The van der Waals surface area contributed by atoms with Gasteiger partial charge in [0, 0.05) is 12.2 Å². The molecule has 0 radical (unpaired) electrons. The fraction of sp³-hybridized carbons (Fsp3) is 0.333. The van der Waals surface area contributed by atoms with Crippen molar-refractivity contribution in [1.29, 1.82) is 0 Å². The highest BCUT2D eigenvalue weighted by Gasteiger charge is 2.20. The van der Waals surface area contributed by atoms with Crippen LogP contribution in [0.25, 0.3) is 11.3 Å². The molecule has 1 aromatic heterocycles. The summed E-state index contributed by atoms with van der Waals surface area (Å²) in [6, 6.07) is 7.77. The topological polar surface area (TPSA) is 44.1 Å². The minimum absolute atomic E-state index is 0.182. The molecule has 5 heteroatoms. The van der Waals surface area contributed by atoms with Gasteiger partial charge in [-0.1, -0.05) is 0 Å². The van der Waals surface area contributed by atoms with Crippen LogP contribution in [0.5, 0.6) is 0 Å². The molecule has 2 aromatic rings. The van der Waals surface area contributed by atoms with Crippen molar-refractivity contribution in [3.8, 4) is 11.3 Å². The van der Waals surface area contributed by atoms with Crippen molar-refractivity contribution in [2.24, 2.45) is 0 Å². The van der Waals surface area contributed by atoms with E-state index in [4.69, 9.17) is 4.74 Å². The lowest BCUT2D eigenvalue weighted by Gasteiger charge is -2.23. The number of hydrogen-bond acceptors (Lipinski definition) is 3. The molecule has 0 N–H and O–H groups in total. The Morgan fingerprint density at radius 3 is 2.75 bits per heavy atom. The van der Waals surface area contributed by atoms with E-state index >= 15 is 0 Å². The van der Waals surface area contributed by atoms with Crippen molar-refractivity contribution in [3.05, 3.63) is 41.8 Å². The number of aldehydes is 1. The van der Waals surface area contributed by atoms with E-state index in [1.807, 2.05) is 0 Å². The summed E-state index contributed by atoms with van der Waals surface area (Å²) in [5.74, 6) is -0.292. The zero-order chi connectivity index (χ0) is 13.9. The Morgan fingerprint density at radius 1 is 1.30 bits per heavy atom. The number of halogens is 1. The van der Waals surface area contributed by atoms with E-state index in [1.165, 1.54) is 12.1 Å². The van der Waals surface area contributed by atoms with Crippen LogP contribution in [0, 0.1) is 5.82 Å². The predicted octanol–water partition coefficient (Wildman–Crippen LogP) is 3.20. The summed E-state index contributed by atoms with van der Waals surface area (Å²) in [5, 5.41) is 4.44. The van der Waals surface area contributed by atoms with Crippen molar-refractivity contribution < 1.29 is 13.9 Å². The molecule has 1 unspecified atom stereocenters. The van der Waals surface area contributed by atoms with Crippen LogP contribution >= 0.6 is 0 Å². The maximum atomic E-state index is 12.9. The van der Waals surface area contributed by atoms with Gasteiger partial charge in [0.1, 0.15) is 11.5 Å². The van der Waals surface area contributed by atoms with Gasteiger partial charge in [0.05, 0.1) is 5.69 Å². The van der Waals surface area contributed by atoms with Crippen LogP contribution in [-0.4, -0.2) is 22.7 Å². The number of carbonyl (C=O) groups excluding carboxylic acids is 1. The molecular weight excluding hydrogens is 259 g/mol. The second-order valence-corrected chi connectivity index (χ2v) is 4.84. The largest absolute Gasteiger partial charge is 0.356 e. The summed E-state index contributed by atoms with van der Waals surface area (Å²) in [6.07, 6.45) is 3.55. The molecule has 3 rings (SSSR count). The van der Waals surface area contributed by atoms with Crippen molar-refractivity contribution in [1.82, 2.24) is 9.78 Å². The molecule has 1 aromatic carbocycles. The molecule has 0 aliphatic carbocycles. The molecule has 0 saturated carbocycles. The number of nitrogens with zero attached hydrogens (tertiary/aromatic N) is 2. The average molecular weight is 274 g/mol. The third kappa shape index (κ3) is 2.49. The second-order valence-electron chi connectivity index (χ2n) is 4.84. The maximum Gasteiger partial charge on any atom is 0.168 e. The van der Waals surface area contributed by atoms with Gasteiger partial charge in [-0.15, -0.1) is 0 Å². The number of hydrogen-bond donors (Lipinski definition) is 0. The number of aromatic nitrogens is 2. The van der Waals surface area contributed by atoms with Gasteiger partial charge in [-0.2, -0.15) is 5.10 Å². The molecule has 0 spiro atoms. The molecule has 104 valence electrons. The first-order chi connectivity index (χ1) is 9.78. The first kappa shape index (κ1) is 13.0. The average Bonchev–Trinajstić information content (AvgIpc) is 2.93. The highest BCUT2D eigenvalue weighted by Crippen LogP contribution is 2.26. The van der Waals surface area contributed by atoms with Crippen LogP contribution in [-0.2, 0) is 4.74 Å². The minimum Gasteiger partial charge on any atom is -0.356 e. The summed E-state index contributed by atoms with van der Waals surface area (Å²) >= 11 is 0. The summed E-state index contributed by atoms with van der Waals surface area (Å²) in [7, 11) is 0. The Balaban J connectivity index is 1.95. The zero-order valence-electron chi connectivity index (χ0n) is 11.0. The molecular formula is C15H15FN2O2. The lowest BCUT2D eigenvalue weighted by molar-refractivity contribution is -0.0401. The molecule has 2 heterocycles. The van der Waals surface area contributed by atoms with E-state index < -0.39 is 0 Å². The van der Waals surface area contributed by atoms with Crippen LogP contribution in [0.1, 0.15) is 36.0 Å². The number of rotatable bonds is 3. The summed E-state index contributed by atoms with van der Waals surface area (Å²) in [4.78, 5) is 11.2. The van der Waals surface area contributed by atoms with Gasteiger partial charge in [-0.3, -0.25) is 4.79 Å². The van der Waals surface area contributed by atoms with Crippen LogP contribution in [0.2, 0.25) is 0 Å². The standard InChI is InChI=1S/C15H15FN2O2/c16-12-6-4-11(5-7-12)14-9-13(10-19)18(17-14)15-3-1-2-8-20-15/h4-7,9-10,15H,1-3,8H2. The zero-order valence-corrected chi connectivity index (χ0v) is 11.0. The fourth-order valence-corrected chi connectivity index (χ4v) is 2.41. The molecule has 0 bridgehead atoms. The van der Waals surface area contributed by atoms with E-state index in [9.17, 15) is 9.18 Å². The second kappa shape index (κ2) is 5.54. The quantitative estimate of drug-likeness (QED) is 0.807. The molecule has 1 fully saturated rings. The maximum absolute atomic E-state index is 12.9. The number of benzene rings is 1. The Hall–Kier alpha value is -2.01. The van der Waals surface area contributed by atoms with Crippen molar-refractivity contribution in [2.45, 2.75) is 25.5 Å². The monoisotopic (exact) mass is 274 g/mol. The molecule has 1 aliphatic heterocycles. The lowest BCUT2D eigenvalue weighted by Crippen LogP contribution is -2.20. The molecule has 1 atom stereocenters. The van der Waals surface area contributed by atoms with E-state index in [0.29, 0.717) is 18.0 Å². The summed E-state index contributed by atoms with van der Waals surface area (Å²) < 4.78 is 20.2. The molecule has 20 heavy (non-hydrogen) atoms.